The van der Waals surface area contributed by atoms with Gasteiger partial charge in [0, 0.05) is 11.4 Å². The molecule has 0 aromatic carbocycles. The lowest BCUT2D eigenvalue weighted by Crippen LogP contribution is -2.31. The fourth-order valence-electron chi connectivity index (χ4n) is 1.02. The lowest BCUT2D eigenvalue weighted by Gasteiger charge is -2.06. The Morgan fingerprint density at radius 3 is 3.00 bits per heavy atom. The monoisotopic (exact) mass is 247 g/mol. The molecule has 0 spiro atoms. The predicted molar refractivity (Wildman–Crippen MR) is 64.5 cm³/mol. The summed E-state index contributed by atoms with van der Waals surface area (Å²) in [6, 6.07) is 3.54. The van der Waals surface area contributed by atoms with Gasteiger partial charge in [-0.15, -0.1) is 11.3 Å². The zero-order valence-corrected chi connectivity index (χ0v) is 9.98. The Balaban J connectivity index is 2.49. The molecule has 1 heterocycles. The average Bonchev–Trinajstić information content (AvgIpc) is 2.62. The van der Waals surface area contributed by atoms with Crippen LogP contribution in [0.25, 0.3) is 0 Å². The van der Waals surface area contributed by atoms with Crippen LogP contribution in [0.4, 0.5) is 0 Å². The third kappa shape index (κ3) is 4.07. The zero-order valence-electron chi connectivity index (χ0n) is 8.40. The van der Waals surface area contributed by atoms with Gasteiger partial charge in [-0.1, -0.05) is 11.6 Å². The van der Waals surface area contributed by atoms with E-state index in [0.717, 1.165) is 11.4 Å². The maximum atomic E-state index is 9.71. The van der Waals surface area contributed by atoms with Gasteiger partial charge in [-0.3, -0.25) is 4.99 Å². The van der Waals surface area contributed by atoms with Gasteiger partial charge in [0.15, 0.2) is 5.96 Å². The largest absolute Gasteiger partial charge is 0.386 e. The summed E-state index contributed by atoms with van der Waals surface area (Å²) in [5.41, 5.74) is 5.52. The first kappa shape index (κ1) is 12.3. The van der Waals surface area contributed by atoms with Gasteiger partial charge >= 0.3 is 0 Å². The third-order valence-corrected chi connectivity index (χ3v) is 3.05. The first-order valence-electron chi connectivity index (χ1n) is 4.60. The Hall–Kier alpha value is -0.780. The quantitative estimate of drug-likeness (QED) is 0.556. The highest BCUT2D eigenvalue weighted by Crippen LogP contribution is 2.26. The van der Waals surface area contributed by atoms with Gasteiger partial charge in [-0.05, 0) is 19.1 Å². The molecule has 1 aromatic heterocycles. The topological polar surface area (TPSA) is 70.6 Å². The Labute approximate surface area is 97.8 Å². The van der Waals surface area contributed by atoms with Crippen LogP contribution in [-0.4, -0.2) is 24.2 Å². The van der Waals surface area contributed by atoms with Crippen molar-refractivity contribution < 1.29 is 5.11 Å². The first-order chi connectivity index (χ1) is 7.13. The predicted octanol–water partition coefficient (Wildman–Crippen LogP) is 1.36. The SMILES string of the molecule is CCNC(N)=NCC(O)c1ccc(Cl)s1. The summed E-state index contributed by atoms with van der Waals surface area (Å²) in [4.78, 5) is 4.80. The summed E-state index contributed by atoms with van der Waals surface area (Å²) in [5.74, 6) is 0.346. The second-order valence-corrected chi connectivity index (χ2v) is 4.66. The number of aliphatic imine (C=N–C) groups is 1. The number of aliphatic hydroxyl groups is 1. The second kappa shape index (κ2) is 5.95. The number of nitrogens with one attached hydrogen (secondary N) is 1. The van der Waals surface area contributed by atoms with Crippen LogP contribution in [0.5, 0.6) is 0 Å². The van der Waals surface area contributed by atoms with Crippen molar-refractivity contribution >= 4 is 28.9 Å². The van der Waals surface area contributed by atoms with E-state index in [2.05, 4.69) is 10.3 Å². The number of nitrogens with two attached hydrogens (primary N) is 1. The van der Waals surface area contributed by atoms with E-state index in [4.69, 9.17) is 17.3 Å². The van der Waals surface area contributed by atoms with Crippen molar-refractivity contribution in [3.63, 3.8) is 0 Å². The smallest absolute Gasteiger partial charge is 0.188 e. The summed E-state index contributed by atoms with van der Waals surface area (Å²) >= 11 is 7.10. The van der Waals surface area contributed by atoms with Crippen molar-refractivity contribution in [1.29, 1.82) is 0 Å². The molecule has 0 aliphatic carbocycles. The van der Waals surface area contributed by atoms with Crippen LogP contribution in [0.1, 0.15) is 17.9 Å². The Kier molecular flexibility index (Phi) is 4.87. The molecule has 4 nitrogen and oxygen atoms in total. The molecule has 0 fully saturated rings. The summed E-state index contributed by atoms with van der Waals surface area (Å²) < 4.78 is 0.660. The molecule has 15 heavy (non-hydrogen) atoms. The first-order valence-corrected chi connectivity index (χ1v) is 5.80. The molecule has 1 rings (SSSR count). The minimum Gasteiger partial charge on any atom is -0.386 e. The number of aliphatic hydroxyl groups excluding tert-OH is 1. The van der Waals surface area contributed by atoms with Gasteiger partial charge in [0.1, 0.15) is 6.10 Å². The number of hydrogen-bond acceptors (Lipinski definition) is 3. The highest BCUT2D eigenvalue weighted by molar-refractivity contribution is 7.16. The zero-order chi connectivity index (χ0) is 11.3. The van der Waals surface area contributed by atoms with Crippen molar-refractivity contribution in [1.82, 2.24) is 5.32 Å². The van der Waals surface area contributed by atoms with Crippen molar-refractivity contribution in [2.45, 2.75) is 13.0 Å². The van der Waals surface area contributed by atoms with Crippen LogP contribution < -0.4 is 11.1 Å². The highest BCUT2D eigenvalue weighted by atomic mass is 35.5. The van der Waals surface area contributed by atoms with Crippen LogP contribution in [0.15, 0.2) is 17.1 Å². The minimum absolute atomic E-state index is 0.246. The van der Waals surface area contributed by atoms with Gasteiger partial charge in [0.25, 0.3) is 0 Å². The molecule has 0 bridgehead atoms. The molecule has 1 aromatic rings. The lowest BCUT2D eigenvalue weighted by atomic mass is 10.3. The van der Waals surface area contributed by atoms with Gasteiger partial charge in [-0.25, -0.2) is 0 Å². The lowest BCUT2D eigenvalue weighted by molar-refractivity contribution is 0.191. The molecule has 1 unspecified atom stereocenters. The highest BCUT2D eigenvalue weighted by Gasteiger charge is 2.09. The molecule has 0 amide bonds. The third-order valence-electron chi connectivity index (χ3n) is 1.71. The van der Waals surface area contributed by atoms with E-state index in [0.29, 0.717) is 10.3 Å². The molecule has 6 heteroatoms. The Morgan fingerprint density at radius 2 is 2.47 bits per heavy atom. The standard InChI is InChI=1S/C9H14ClN3OS/c1-2-12-9(11)13-5-6(14)7-3-4-8(10)15-7/h3-4,6,14H,2,5H2,1H3,(H3,11,12,13). The van der Waals surface area contributed by atoms with E-state index in [1.165, 1.54) is 11.3 Å². The van der Waals surface area contributed by atoms with Crippen molar-refractivity contribution in [3.8, 4) is 0 Å². The fraction of sp³-hybridized carbons (Fsp3) is 0.444. The van der Waals surface area contributed by atoms with Crippen LogP contribution >= 0.6 is 22.9 Å². The molecule has 0 aliphatic rings. The van der Waals surface area contributed by atoms with E-state index in [-0.39, 0.29) is 6.54 Å². The molecule has 0 saturated heterocycles. The van der Waals surface area contributed by atoms with Gasteiger partial charge < -0.3 is 16.2 Å². The molecule has 1 atom stereocenters. The maximum Gasteiger partial charge on any atom is 0.188 e. The molecule has 84 valence electrons. The maximum absolute atomic E-state index is 9.71. The van der Waals surface area contributed by atoms with E-state index < -0.39 is 6.10 Å². The molecule has 0 aliphatic heterocycles. The number of halogens is 1. The van der Waals surface area contributed by atoms with E-state index in [1.807, 2.05) is 6.92 Å². The summed E-state index contributed by atoms with van der Waals surface area (Å²) in [6.07, 6.45) is -0.639. The summed E-state index contributed by atoms with van der Waals surface area (Å²) in [7, 11) is 0. The van der Waals surface area contributed by atoms with Crippen LogP contribution in [0, 0.1) is 0 Å². The van der Waals surface area contributed by atoms with Crippen LogP contribution in [0.2, 0.25) is 4.34 Å². The molecule has 0 saturated carbocycles. The van der Waals surface area contributed by atoms with Crippen LogP contribution in [0.3, 0.4) is 0 Å². The Morgan fingerprint density at radius 1 is 1.73 bits per heavy atom. The second-order valence-electron chi connectivity index (χ2n) is 2.91. The van der Waals surface area contributed by atoms with Crippen molar-refractivity contribution in [3.05, 3.63) is 21.3 Å². The fourth-order valence-corrected chi connectivity index (χ4v) is 2.06. The van der Waals surface area contributed by atoms with E-state index in [1.54, 1.807) is 12.1 Å². The summed E-state index contributed by atoms with van der Waals surface area (Å²) in [6.45, 7) is 2.89. The Bertz CT molecular complexity index is 340. The molecule has 4 N–H and O–H groups in total. The number of rotatable bonds is 4. The molecule has 0 radical (unpaired) electrons. The van der Waals surface area contributed by atoms with Crippen LogP contribution in [-0.2, 0) is 0 Å². The van der Waals surface area contributed by atoms with E-state index >= 15 is 0 Å². The van der Waals surface area contributed by atoms with Crippen molar-refractivity contribution in [2.75, 3.05) is 13.1 Å². The normalized spacial score (nSPS) is 13.9. The van der Waals surface area contributed by atoms with Gasteiger partial charge in [0.05, 0.1) is 10.9 Å². The van der Waals surface area contributed by atoms with Gasteiger partial charge in [0.2, 0.25) is 0 Å². The molecular formula is C9H14ClN3OS. The number of thiophene rings is 1. The minimum atomic E-state index is -0.639. The number of hydrogen-bond donors (Lipinski definition) is 3. The number of nitrogens with zero attached hydrogens (tertiary/aromatic N) is 1. The summed E-state index contributed by atoms with van der Waals surface area (Å²) in [5, 5.41) is 12.6. The van der Waals surface area contributed by atoms with E-state index in [9.17, 15) is 5.11 Å². The molecular weight excluding hydrogens is 234 g/mol. The average molecular weight is 248 g/mol. The number of guanidine groups is 1. The van der Waals surface area contributed by atoms with Crippen molar-refractivity contribution in [2.24, 2.45) is 10.7 Å². The van der Waals surface area contributed by atoms with Gasteiger partial charge in [-0.2, -0.15) is 0 Å².